The molecule has 0 aliphatic rings. The van der Waals surface area contributed by atoms with Gasteiger partial charge >= 0.3 is 0 Å². The van der Waals surface area contributed by atoms with Crippen LogP contribution in [0.1, 0.15) is 57.4 Å². The third-order valence-corrected chi connectivity index (χ3v) is 3.20. The molecule has 0 atom stereocenters. The van der Waals surface area contributed by atoms with Gasteiger partial charge in [0.25, 0.3) is 0 Å². The van der Waals surface area contributed by atoms with Crippen molar-refractivity contribution in [2.75, 3.05) is 0 Å². The molecule has 0 heterocycles. The first-order chi connectivity index (χ1) is 9.22. The topological polar surface area (TPSA) is 40.5 Å². The first-order valence-corrected chi connectivity index (χ1v) is 7.39. The second-order valence-corrected chi connectivity index (χ2v) is 5.07. The van der Waals surface area contributed by atoms with Crippen molar-refractivity contribution in [1.29, 1.82) is 0 Å². The molecule has 0 amide bonds. The van der Waals surface area contributed by atoms with Crippen LogP contribution >= 0.6 is 0 Å². The molecular weight excluding hydrogens is 236 g/mol. The summed E-state index contributed by atoms with van der Waals surface area (Å²) in [5.74, 6) is 0.268. The lowest BCUT2D eigenvalue weighted by Gasteiger charge is -2.01. The van der Waals surface area contributed by atoms with Crippen molar-refractivity contribution in [3.8, 4) is 11.5 Å². The minimum atomic E-state index is 0.134. The summed E-state index contributed by atoms with van der Waals surface area (Å²) >= 11 is 0. The van der Waals surface area contributed by atoms with Gasteiger partial charge in [-0.15, -0.1) is 0 Å². The van der Waals surface area contributed by atoms with Crippen molar-refractivity contribution in [2.45, 2.75) is 58.3 Å². The lowest BCUT2D eigenvalue weighted by molar-refractivity contribution is 0.449. The van der Waals surface area contributed by atoms with Crippen LogP contribution in [-0.4, -0.2) is 10.2 Å². The van der Waals surface area contributed by atoms with Gasteiger partial charge in [-0.05, 0) is 43.4 Å². The number of phenols is 2. The Bertz CT molecular complexity index is 363. The fraction of sp³-hybridized carbons (Fsp3) is 0.529. The Morgan fingerprint density at radius 3 is 2.16 bits per heavy atom. The van der Waals surface area contributed by atoms with Crippen molar-refractivity contribution >= 4 is 0 Å². The lowest BCUT2D eigenvalue weighted by atomic mass is 10.1. The van der Waals surface area contributed by atoms with Gasteiger partial charge < -0.3 is 10.2 Å². The number of aromatic hydroxyl groups is 2. The van der Waals surface area contributed by atoms with Crippen molar-refractivity contribution < 1.29 is 10.2 Å². The number of aryl methyl sites for hydroxylation is 1. The summed E-state index contributed by atoms with van der Waals surface area (Å²) in [7, 11) is 0. The highest BCUT2D eigenvalue weighted by Crippen LogP contribution is 2.21. The van der Waals surface area contributed by atoms with Crippen LogP contribution < -0.4 is 0 Å². The maximum absolute atomic E-state index is 9.36. The van der Waals surface area contributed by atoms with E-state index in [-0.39, 0.29) is 11.5 Å². The molecule has 0 aromatic heterocycles. The summed E-state index contributed by atoms with van der Waals surface area (Å²) in [4.78, 5) is 0. The molecule has 0 fully saturated rings. The molecule has 2 nitrogen and oxygen atoms in total. The zero-order chi connectivity index (χ0) is 13.9. The first kappa shape index (κ1) is 15.6. The predicted octanol–water partition coefficient (Wildman–Crippen LogP) is 4.95. The highest BCUT2D eigenvalue weighted by atomic mass is 16.3. The Balaban J connectivity index is 2.12. The van der Waals surface area contributed by atoms with Gasteiger partial charge in [-0.2, -0.15) is 0 Å². The molecule has 0 saturated carbocycles. The average molecular weight is 262 g/mol. The number of hydrogen-bond acceptors (Lipinski definition) is 2. The molecule has 1 rings (SSSR count). The average Bonchev–Trinajstić information content (AvgIpc) is 2.36. The Labute approximate surface area is 116 Å². The van der Waals surface area contributed by atoms with E-state index in [9.17, 15) is 10.2 Å². The zero-order valence-corrected chi connectivity index (χ0v) is 11.9. The summed E-state index contributed by atoms with van der Waals surface area (Å²) in [6, 6.07) is 4.77. The van der Waals surface area contributed by atoms with Crippen molar-refractivity contribution in [2.24, 2.45) is 0 Å². The van der Waals surface area contributed by atoms with E-state index in [2.05, 4.69) is 19.1 Å². The van der Waals surface area contributed by atoms with Crippen LogP contribution in [-0.2, 0) is 6.42 Å². The van der Waals surface area contributed by atoms with E-state index >= 15 is 0 Å². The maximum Gasteiger partial charge on any atom is 0.119 e. The summed E-state index contributed by atoms with van der Waals surface area (Å²) in [6.45, 7) is 2.24. The number of allylic oxidation sites excluding steroid dienone is 2. The molecule has 0 spiro atoms. The quantitative estimate of drug-likeness (QED) is 0.488. The van der Waals surface area contributed by atoms with Crippen LogP contribution in [0.2, 0.25) is 0 Å². The molecule has 0 aliphatic carbocycles. The van der Waals surface area contributed by atoms with Crippen LogP contribution in [0.4, 0.5) is 0 Å². The minimum absolute atomic E-state index is 0.134. The second-order valence-electron chi connectivity index (χ2n) is 5.07. The number of unbranched alkanes of at least 4 members (excludes halogenated alkanes) is 5. The molecule has 19 heavy (non-hydrogen) atoms. The SMILES string of the molecule is CCCCCCC/C=C\CCc1cc(O)cc(O)c1. The molecule has 1 aromatic carbocycles. The van der Waals surface area contributed by atoms with E-state index in [1.807, 2.05) is 0 Å². The Morgan fingerprint density at radius 1 is 0.842 bits per heavy atom. The Morgan fingerprint density at radius 2 is 1.47 bits per heavy atom. The van der Waals surface area contributed by atoms with E-state index in [1.54, 1.807) is 12.1 Å². The molecule has 0 aliphatic heterocycles. The summed E-state index contributed by atoms with van der Waals surface area (Å²) in [5.41, 5.74) is 0.977. The van der Waals surface area contributed by atoms with Gasteiger partial charge in [0.1, 0.15) is 11.5 Å². The Kier molecular flexibility index (Phi) is 7.80. The number of benzene rings is 1. The predicted molar refractivity (Wildman–Crippen MR) is 80.6 cm³/mol. The monoisotopic (exact) mass is 262 g/mol. The van der Waals surface area contributed by atoms with E-state index in [4.69, 9.17) is 0 Å². The van der Waals surface area contributed by atoms with Crippen LogP contribution in [0.5, 0.6) is 11.5 Å². The maximum atomic E-state index is 9.36. The van der Waals surface area contributed by atoms with Crippen LogP contribution in [0, 0.1) is 0 Å². The van der Waals surface area contributed by atoms with E-state index in [0.29, 0.717) is 0 Å². The largest absolute Gasteiger partial charge is 0.508 e. The summed E-state index contributed by atoms with van der Waals surface area (Å²) in [6.07, 6.45) is 14.0. The second kappa shape index (κ2) is 9.48. The number of hydrogen-bond donors (Lipinski definition) is 2. The van der Waals surface area contributed by atoms with Crippen molar-refractivity contribution in [1.82, 2.24) is 0 Å². The Hall–Kier alpha value is -1.44. The molecular formula is C17H26O2. The van der Waals surface area contributed by atoms with Gasteiger partial charge in [0, 0.05) is 6.07 Å². The third-order valence-electron chi connectivity index (χ3n) is 3.20. The van der Waals surface area contributed by atoms with E-state index < -0.39 is 0 Å². The normalized spacial score (nSPS) is 11.2. The van der Waals surface area contributed by atoms with Gasteiger partial charge in [0.15, 0.2) is 0 Å². The van der Waals surface area contributed by atoms with Crippen molar-refractivity contribution in [3.63, 3.8) is 0 Å². The van der Waals surface area contributed by atoms with Crippen molar-refractivity contribution in [3.05, 3.63) is 35.9 Å². The third kappa shape index (κ3) is 7.55. The highest BCUT2D eigenvalue weighted by Gasteiger charge is 1.97. The molecule has 0 saturated heterocycles. The fourth-order valence-electron chi connectivity index (χ4n) is 2.15. The lowest BCUT2D eigenvalue weighted by Crippen LogP contribution is -1.83. The highest BCUT2D eigenvalue weighted by molar-refractivity contribution is 5.36. The molecule has 106 valence electrons. The smallest absolute Gasteiger partial charge is 0.119 e. The molecule has 1 aromatic rings. The van der Waals surface area contributed by atoms with E-state index in [1.165, 1.54) is 38.2 Å². The molecule has 0 unspecified atom stereocenters. The summed E-state index contributed by atoms with van der Waals surface area (Å²) in [5, 5.41) is 18.7. The standard InChI is InChI=1S/C17H26O2/c1-2-3-4-5-6-7-8-9-10-11-15-12-16(18)14-17(19)13-15/h8-9,12-14,18-19H,2-7,10-11H2,1H3/b9-8-. The van der Waals surface area contributed by atoms with Gasteiger partial charge in [-0.25, -0.2) is 0 Å². The number of phenolic OH excluding ortho intramolecular Hbond substituents is 2. The molecule has 2 heteroatoms. The van der Waals surface area contributed by atoms with Gasteiger partial charge in [-0.3, -0.25) is 0 Å². The van der Waals surface area contributed by atoms with Gasteiger partial charge in [0.2, 0.25) is 0 Å². The zero-order valence-electron chi connectivity index (χ0n) is 11.9. The molecule has 0 bridgehead atoms. The molecule has 2 N–H and O–H groups in total. The molecule has 0 radical (unpaired) electrons. The first-order valence-electron chi connectivity index (χ1n) is 7.39. The minimum Gasteiger partial charge on any atom is -0.508 e. The fourth-order valence-corrected chi connectivity index (χ4v) is 2.15. The van der Waals surface area contributed by atoms with Crippen LogP contribution in [0.25, 0.3) is 0 Å². The van der Waals surface area contributed by atoms with Gasteiger partial charge in [-0.1, -0.05) is 44.8 Å². The number of rotatable bonds is 9. The van der Waals surface area contributed by atoms with E-state index in [0.717, 1.165) is 24.8 Å². The van der Waals surface area contributed by atoms with Crippen LogP contribution in [0.15, 0.2) is 30.4 Å². The van der Waals surface area contributed by atoms with Crippen LogP contribution in [0.3, 0.4) is 0 Å². The van der Waals surface area contributed by atoms with Gasteiger partial charge in [0.05, 0.1) is 0 Å². The summed E-state index contributed by atoms with van der Waals surface area (Å²) < 4.78 is 0.